The Kier molecular flexibility index (Phi) is 9.04. The van der Waals surface area contributed by atoms with Gasteiger partial charge in [0.15, 0.2) is 0 Å². The average molecular weight is 480 g/mol. The number of allylic oxidation sites excluding steroid dienone is 2. The molecule has 4 atom stereocenters. The number of alkyl carbamates (subject to hydrolysis) is 1. The lowest BCUT2D eigenvalue weighted by atomic mass is 9.61. The van der Waals surface area contributed by atoms with Crippen molar-refractivity contribution >= 4 is 12.0 Å². The molecule has 1 spiro atoms. The lowest BCUT2D eigenvalue weighted by molar-refractivity contribution is -0.133. The van der Waals surface area contributed by atoms with E-state index in [2.05, 4.69) is 44.4 Å². The summed E-state index contributed by atoms with van der Waals surface area (Å²) in [5.74, 6) is 0.0261. The number of nitrogens with one attached hydrogen (secondary N) is 2. The topological polar surface area (TPSA) is 115 Å². The maximum Gasteiger partial charge on any atom is 0.407 e. The van der Waals surface area contributed by atoms with Crippen molar-refractivity contribution in [1.29, 1.82) is 0 Å². The summed E-state index contributed by atoms with van der Waals surface area (Å²) < 4.78 is 18.0. The van der Waals surface area contributed by atoms with Gasteiger partial charge in [0.1, 0.15) is 12.2 Å². The van der Waals surface area contributed by atoms with Gasteiger partial charge in [-0.1, -0.05) is 25.5 Å². The largest absolute Gasteiger partial charge is 0.443 e. The highest BCUT2D eigenvalue weighted by Gasteiger charge is 2.63. The first-order chi connectivity index (χ1) is 16.1. The van der Waals surface area contributed by atoms with Crippen molar-refractivity contribution in [1.82, 2.24) is 10.6 Å². The van der Waals surface area contributed by atoms with Crippen LogP contribution in [0.5, 0.6) is 0 Å². The lowest BCUT2D eigenvalue weighted by Gasteiger charge is -2.48. The van der Waals surface area contributed by atoms with Crippen LogP contribution in [-0.2, 0) is 19.0 Å². The van der Waals surface area contributed by atoms with Crippen LogP contribution in [-0.4, -0.2) is 62.2 Å². The molecule has 3 aliphatic rings. The molecule has 1 saturated heterocycles. The van der Waals surface area contributed by atoms with Crippen molar-refractivity contribution in [2.24, 2.45) is 17.1 Å². The van der Waals surface area contributed by atoms with E-state index in [9.17, 15) is 9.59 Å². The van der Waals surface area contributed by atoms with Gasteiger partial charge < -0.3 is 30.6 Å². The normalized spacial score (nSPS) is 33.2. The number of ether oxygens (including phenoxy) is 3. The van der Waals surface area contributed by atoms with Gasteiger partial charge in [0.25, 0.3) is 0 Å². The van der Waals surface area contributed by atoms with Crippen molar-refractivity contribution in [2.45, 2.75) is 109 Å². The highest BCUT2D eigenvalue weighted by molar-refractivity contribution is 5.78. The summed E-state index contributed by atoms with van der Waals surface area (Å²) >= 11 is 0. The summed E-state index contributed by atoms with van der Waals surface area (Å²) in [7, 11) is 1.72. The molecule has 2 saturated carbocycles. The molecule has 4 N–H and O–H groups in total. The minimum Gasteiger partial charge on any atom is -0.443 e. The molecule has 2 aliphatic carbocycles. The molecule has 0 aromatic heterocycles. The minimum absolute atomic E-state index is 0.00559. The van der Waals surface area contributed by atoms with E-state index in [1.54, 1.807) is 7.11 Å². The second-order valence-electron chi connectivity index (χ2n) is 11.3. The van der Waals surface area contributed by atoms with E-state index in [0.717, 1.165) is 58.0 Å². The second-order valence-corrected chi connectivity index (χ2v) is 11.3. The highest BCUT2D eigenvalue weighted by atomic mass is 16.6. The van der Waals surface area contributed by atoms with Crippen LogP contribution < -0.4 is 16.4 Å². The Morgan fingerprint density at radius 2 is 1.74 bits per heavy atom. The van der Waals surface area contributed by atoms with E-state index in [1.165, 1.54) is 5.57 Å². The Labute approximate surface area is 204 Å². The van der Waals surface area contributed by atoms with Crippen LogP contribution in [0.4, 0.5) is 4.79 Å². The summed E-state index contributed by atoms with van der Waals surface area (Å²) in [5, 5.41) is 5.98. The standard InChI is InChI=1S/C26H45N3O5/c1-17(2)7-6-13-25(3,4)23-22(32-5)20(12-14-26(23)16-33-26)34-24(31)29-19-10-8-18(9-11-19)28-21(30)15-27/h7,18-20,22-23H,6,8-16,27H2,1-5H3,(H,28,30)(H,29,31)/t18-,19-,20?,22?,23?,26-/m0/s1. The number of epoxide rings is 1. The van der Waals surface area contributed by atoms with Crippen LogP contribution in [0.1, 0.15) is 79.1 Å². The molecular weight excluding hydrogens is 434 g/mol. The van der Waals surface area contributed by atoms with Crippen molar-refractivity contribution in [3.05, 3.63) is 11.6 Å². The SMILES string of the molecule is COC1C(OC(=O)N[C@H]2CC[C@H](NC(=O)CN)CC2)CC[C@]2(CO2)C1C(C)(C)CCC=C(C)C. The van der Waals surface area contributed by atoms with Crippen molar-refractivity contribution in [2.75, 3.05) is 20.3 Å². The van der Waals surface area contributed by atoms with E-state index < -0.39 is 0 Å². The van der Waals surface area contributed by atoms with E-state index in [4.69, 9.17) is 19.9 Å². The smallest absolute Gasteiger partial charge is 0.407 e. The van der Waals surface area contributed by atoms with E-state index in [1.807, 2.05) is 0 Å². The fourth-order valence-electron chi connectivity index (χ4n) is 6.10. The molecule has 0 aromatic rings. The van der Waals surface area contributed by atoms with Gasteiger partial charge >= 0.3 is 6.09 Å². The number of nitrogens with two attached hydrogens (primary N) is 1. The first kappa shape index (κ1) is 27.0. The first-order valence-corrected chi connectivity index (χ1v) is 12.9. The molecule has 3 rings (SSSR count). The van der Waals surface area contributed by atoms with E-state index in [0.29, 0.717) is 0 Å². The monoisotopic (exact) mass is 479 g/mol. The number of rotatable bonds is 9. The number of hydrogen-bond donors (Lipinski definition) is 3. The summed E-state index contributed by atoms with van der Waals surface area (Å²) in [6, 6.07) is 0.183. The molecule has 34 heavy (non-hydrogen) atoms. The Morgan fingerprint density at radius 1 is 1.12 bits per heavy atom. The van der Waals surface area contributed by atoms with Crippen LogP contribution in [0.25, 0.3) is 0 Å². The van der Waals surface area contributed by atoms with Crippen molar-refractivity contribution in [3.63, 3.8) is 0 Å². The van der Waals surface area contributed by atoms with Crippen LogP contribution in [0.3, 0.4) is 0 Å². The molecule has 1 heterocycles. The summed E-state index contributed by atoms with van der Waals surface area (Å²) in [6.45, 7) is 9.59. The minimum atomic E-state index is -0.379. The van der Waals surface area contributed by atoms with Gasteiger partial charge in [0.05, 0.1) is 18.8 Å². The predicted octanol–water partition coefficient (Wildman–Crippen LogP) is 3.43. The molecule has 194 valence electrons. The van der Waals surface area contributed by atoms with Crippen LogP contribution >= 0.6 is 0 Å². The maximum atomic E-state index is 12.8. The van der Waals surface area contributed by atoms with Gasteiger partial charge in [0.2, 0.25) is 5.91 Å². The van der Waals surface area contributed by atoms with Gasteiger partial charge in [0, 0.05) is 25.1 Å². The maximum absolute atomic E-state index is 12.8. The first-order valence-electron chi connectivity index (χ1n) is 12.9. The molecule has 8 heteroatoms. The van der Waals surface area contributed by atoms with Crippen molar-refractivity contribution in [3.8, 4) is 0 Å². The van der Waals surface area contributed by atoms with Gasteiger partial charge in [-0.15, -0.1) is 0 Å². The van der Waals surface area contributed by atoms with Gasteiger partial charge in [-0.05, 0) is 70.6 Å². The Hall–Kier alpha value is -1.64. The fourth-order valence-corrected chi connectivity index (χ4v) is 6.10. The predicted molar refractivity (Wildman–Crippen MR) is 131 cm³/mol. The zero-order chi connectivity index (χ0) is 24.9. The molecule has 0 bridgehead atoms. The number of methoxy groups -OCH3 is 1. The molecule has 0 aromatic carbocycles. The Balaban J connectivity index is 1.56. The number of hydrogen-bond acceptors (Lipinski definition) is 6. The molecule has 0 radical (unpaired) electrons. The second kappa shape index (κ2) is 11.4. The number of carbonyl (C=O) groups excluding carboxylic acids is 2. The molecule has 8 nitrogen and oxygen atoms in total. The molecule has 2 amide bonds. The number of amides is 2. The van der Waals surface area contributed by atoms with E-state index in [-0.39, 0.29) is 59.8 Å². The van der Waals surface area contributed by atoms with Crippen LogP contribution in [0.15, 0.2) is 11.6 Å². The van der Waals surface area contributed by atoms with Crippen LogP contribution in [0.2, 0.25) is 0 Å². The zero-order valence-electron chi connectivity index (χ0n) is 21.7. The fraction of sp³-hybridized carbons (Fsp3) is 0.846. The van der Waals surface area contributed by atoms with Gasteiger partial charge in [-0.25, -0.2) is 4.79 Å². The molecule has 3 fully saturated rings. The highest BCUT2D eigenvalue weighted by Crippen LogP contribution is 2.55. The Bertz CT molecular complexity index is 737. The zero-order valence-corrected chi connectivity index (χ0v) is 21.7. The van der Waals surface area contributed by atoms with Crippen LogP contribution in [0, 0.1) is 11.3 Å². The summed E-state index contributed by atoms with van der Waals surface area (Å²) in [5.41, 5.74) is 6.53. The lowest BCUT2D eigenvalue weighted by Crippen LogP contribution is -2.56. The third-order valence-electron chi connectivity index (χ3n) is 7.94. The van der Waals surface area contributed by atoms with E-state index >= 15 is 0 Å². The third kappa shape index (κ3) is 6.73. The molecular formula is C26H45N3O5. The van der Waals surface area contributed by atoms with Gasteiger partial charge in [-0.3, -0.25) is 4.79 Å². The van der Waals surface area contributed by atoms with Gasteiger partial charge in [-0.2, -0.15) is 0 Å². The molecule has 3 unspecified atom stereocenters. The quantitative estimate of drug-likeness (QED) is 0.345. The summed E-state index contributed by atoms with van der Waals surface area (Å²) in [6.07, 6.45) is 8.32. The number of carbonyl (C=O) groups is 2. The third-order valence-corrected chi connectivity index (χ3v) is 7.94. The summed E-state index contributed by atoms with van der Waals surface area (Å²) in [4.78, 5) is 24.3. The molecule has 1 aliphatic heterocycles. The van der Waals surface area contributed by atoms with Crippen molar-refractivity contribution < 1.29 is 23.8 Å². The Morgan fingerprint density at radius 3 is 2.26 bits per heavy atom. The average Bonchev–Trinajstić information content (AvgIpc) is 3.55.